The van der Waals surface area contributed by atoms with E-state index in [1.54, 1.807) is 18.2 Å². The summed E-state index contributed by atoms with van der Waals surface area (Å²) in [6.45, 7) is 2.46. The molecule has 3 nitrogen and oxygen atoms in total. The quantitative estimate of drug-likeness (QED) is 0.807. The van der Waals surface area contributed by atoms with Crippen molar-refractivity contribution in [3.05, 3.63) is 33.8 Å². The minimum atomic E-state index is -0.293. The van der Waals surface area contributed by atoms with Gasteiger partial charge in [0, 0.05) is 23.2 Å². The van der Waals surface area contributed by atoms with Crippen LogP contribution in [0.1, 0.15) is 43.0 Å². The summed E-state index contributed by atoms with van der Waals surface area (Å²) < 4.78 is 0. The first-order chi connectivity index (χ1) is 10.0. The van der Waals surface area contributed by atoms with Crippen molar-refractivity contribution in [1.82, 2.24) is 4.90 Å². The molecular formula is C16H21Cl2NO2. The summed E-state index contributed by atoms with van der Waals surface area (Å²) in [6.07, 6.45) is 4.56. The van der Waals surface area contributed by atoms with Crippen molar-refractivity contribution in [2.75, 3.05) is 13.2 Å². The lowest BCUT2D eigenvalue weighted by molar-refractivity contribution is 0.0708. The van der Waals surface area contributed by atoms with Crippen molar-refractivity contribution in [3.63, 3.8) is 0 Å². The van der Waals surface area contributed by atoms with Gasteiger partial charge >= 0.3 is 0 Å². The van der Waals surface area contributed by atoms with Crippen LogP contribution in [0, 0.1) is 0 Å². The lowest BCUT2D eigenvalue weighted by atomic mass is 10.0. The van der Waals surface area contributed by atoms with E-state index in [4.69, 9.17) is 23.2 Å². The Kier molecular flexibility index (Phi) is 6.06. The number of Topliss-reactive ketones (excluding diaryl/α,β-unsaturated/α-hetero) is 1. The molecule has 1 aromatic carbocycles. The predicted molar refractivity (Wildman–Crippen MR) is 86.3 cm³/mol. The monoisotopic (exact) mass is 329 g/mol. The topological polar surface area (TPSA) is 40.5 Å². The molecule has 0 saturated heterocycles. The Morgan fingerprint density at radius 1 is 1.38 bits per heavy atom. The van der Waals surface area contributed by atoms with Crippen molar-refractivity contribution in [2.24, 2.45) is 0 Å². The zero-order valence-corrected chi connectivity index (χ0v) is 13.7. The molecule has 0 heterocycles. The minimum Gasteiger partial charge on any atom is -0.395 e. The third-order valence-electron chi connectivity index (χ3n) is 4.23. The van der Waals surface area contributed by atoms with Crippen LogP contribution < -0.4 is 0 Å². The van der Waals surface area contributed by atoms with Gasteiger partial charge in [-0.3, -0.25) is 9.69 Å². The van der Waals surface area contributed by atoms with Gasteiger partial charge in [0.15, 0.2) is 5.78 Å². The van der Waals surface area contributed by atoms with Crippen LogP contribution in [-0.2, 0) is 0 Å². The maximum atomic E-state index is 12.7. The first-order valence-corrected chi connectivity index (χ1v) is 8.16. The van der Waals surface area contributed by atoms with Crippen LogP contribution in [0.4, 0.5) is 0 Å². The fourth-order valence-corrected chi connectivity index (χ4v) is 3.61. The average molecular weight is 330 g/mol. The van der Waals surface area contributed by atoms with E-state index < -0.39 is 0 Å². The molecule has 21 heavy (non-hydrogen) atoms. The van der Waals surface area contributed by atoms with E-state index in [-0.39, 0.29) is 18.4 Å². The molecule has 116 valence electrons. The Bertz CT molecular complexity index is 501. The number of halogens is 2. The second-order valence-electron chi connectivity index (χ2n) is 5.56. The van der Waals surface area contributed by atoms with Crippen molar-refractivity contribution in [2.45, 2.75) is 44.7 Å². The summed E-state index contributed by atoms with van der Waals surface area (Å²) in [5.74, 6) is -0.0167. The SMILES string of the molecule is CC(C(=O)c1ccc(Cl)cc1Cl)N(CCO)C1CCCC1. The van der Waals surface area contributed by atoms with Crippen molar-refractivity contribution in [3.8, 4) is 0 Å². The molecule has 2 rings (SSSR count). The third kappa shape index (κ3) is 3.98. The molecule has 1 aromatic rings. The number of aliphatic hydroxyl groups is 1. The van der Waals surface area contributed by atoms with Crippen LogP contribution in [0.15, 0.2) is 18.2 Å². The van der Waals surface area contributed by atoms with Crippen molar-refractivity contribution in [1.29, 1.82) is 0 Å². The first-order valence-electron chi connectivity index (χ1n) is 7.40. The van der Waals surface area contributed by atoms with E-state index in [9.17, 15) is 9.90 Å². The largest absolute Gasteiger partial charge is 0.395 e. The van der Waals surface area contributed by atoms with Gasteiger partial charge in [0.2, 0.25) is 0 Å². The molecule has 1 N–H and O–H groups in total. The fraction of sp³-hybridized carbons (Fsp3) is 0.562. The van der Waals surface area contributed by atoms with Gasteiger partial charge in [0.1, 0.15) is 0 Å². The number of nitrogens with zero attached hydrogens (tertiary/aromatic N) is 1. The summed E-state index contributed by atoms with van der Waals surface area (Å²) >= 11 is 12.0. The molecule has 1 unspecified atom stereocenters. The molecule has 1 atom stereocenters. The molecule has 0 amide bonds. The van der Waals surface area contributed by atoms with Gasteiger partial charge in [0.25, 0.3) is 0 Å². The van der Waals surface area contributed by atoms with Gasteiger partial charge < -0.3 is 5.11 Å². The zero-order valence-electron chi connectivity index (χ0n) is 12.2. The second kappa shape index (κ2) is 7.59. The van der Waals surface area contributed by atoms with Crippen molar-refractivity contribution < 1.29 is 9.90 Å². The molecule has 0 radical (unpaired) electrons. The lowest BCUT2D eigenvalue weighted by Gasteiger charge is -2.33. The summed E-state index contributed by atoms with van der Waals surface area (Å²) in [6, 6.07) is 5.03. The van der Waals surface area contributed by atoms with Gasteiger partial charge in [-0.15, -0.1) is 0 Å². The number of carbonyl (C=O) groups is 1. The Morgan fingerprint density at radius 3 is 2.62 bits per heavy atom. The van der Waals surface area contributed by atoms with Crippen LogP contribution in [0.2, 0.25) is 10.0 Å². The van der Waals surface area contributed by atoms with Crippen LogP contribution in [0.3, 0.4) is 0 Å². The number of hydrogen-bond donors (Lipinski definition) is 1. The molecule has 0 spiro atoms. The number of carbonyl (C=O) groups excluding carboxylic acids is 1. The van der Waals surface area contributed by atoms with Gasteiger partial charge in [-0.2, -0.15) is 0 Å². The van der Waals surface area contributed by atoms with Crippen LogP contribution in [0.25, 0.3) is 0 Å². The molecule has 1 aliphatic rings. The normalized spacial score (nSPS) is 17.4. The van der Waals surface area contributed by atoms with Gasteiger partial charge in [-0.05, 0) is 38.0 Å². The Morgan fingerprint density at radius 2 is 2.05 bits per heavy atom. The van der Waals surface area contributed by atoms with E-state index in [1.807, 2.05) is 6.92 Å². The summed E-state index contributed by atoms with van der Waals surface area (Å²) in [4.78, 5) is 14.8. The molecule has 0 aromatic heterocycles. The smallest absolute Gasteiger partial charge is 0.181 e. The highest BCUT2D eigenvalue weighted by atomic mass is 35.5. The average Bonchev–Trinajstić information content (AvgIpc) is 2.97. The molecule has 0 bridgehead atoms. The number of benzene rings is 1. The van der Waals surface area contributed by atoms with Crippen LogP contribution >= 0.6 is 23.2 Å². The molecule has 1 aliphatic carbocycles. The highest BCUT2D eigenvalue weighted by Crippen LogP contribution is 2.28. The number of aliphatic hydroxyl groups excluding tert-OH is 1. The molecule has 5 heteroatoms. The highest BCUT2D eigenvalue weighted by Gasteiger charge is 2.30. The number of rotatable bonds is 6. The predicted octanol–water partition coefficient (Wildman–Crippen LogP) is 3.80. The Balaban J connectivity index is 2.18. The van der Waals surface area contributed by atoms with Gasteiger partial charge in [0.05, 0.1) is 17.7 Å². The van der Waals surface area contributed by atoms with E-state index in [0.29, 0.717) is 28.2 Å². The zero-order chi connectivity index (χ0) is 15.4. The lowest BCUT2D eigenvalue weighted by Crippen LogP contribution is -2.46. The van der Waals surface area contributed by atoms with Crippen molar-refractivity contribution >= 4 is 29.0 Å². The maximum absolute atomic E-state index is 12.7. The van der Waals surface area contributed by atoms with Gasteiger partial charge in [-0.1, -0.05) is 36.0 Å². The fourth-order valence-electron chi connectivity index (χ4n) is 3.11. The first kappa shape index (κ1) is 16.8. The van der Waals surface area contributed by atoms with E-state index >= 15 is 0 Å². The summed E-state index contributed by atoms with van der Waals surface area (Å²) in [7, 11) is 0. The molecule has 0 aliphatic heterocycles. The van der Waals surface area contributed by atoms with E-state index in [1.165, 1.54) is 12.8 Å². The Hall–Kier alpha value is -0.610. The Labute approximate surface area is 135 Å². The highest BCUT2D eigenvalue weighted by molar-refractivity contribution is 6.37. The number of hydrogen-bond acceptors (Lipinski definition) is 3. The van der Waals surface area contributed by atoms with Gasteiger partial charge in [-0.25, -0.2) is 0 Å². The maximum Gasteiger partial charge on any atom is 0.181 e. The molecular weight excluding hydrogens is 309 g/mol. The third-order valence-corrected chi connectivity index (χ3v) is 4.77. The summed E-state index contributed by atoms with van der Waals surface area (Å²) in [5.41, 5.74) is 0.495. The minimum absolute atomic E-state index is 0.0167. The van der Waals surface area contributed by atoms with E-state index in [2.05, 4.69) is 4.90 Å². The summed E-state index contributed by atoms with van der Waals surface area (Å²) in [5, 5.41) is 10.2. The molecule has 1 fully saturated rings. The standard InChI is InChI=1S/C16H21Cl2NO2/c1-11(19(8-9-20)13-4-2-3-5-13)16(21)14-7-6-12(17)10-15(14)18/h6-7,10-11,13,20H,2-5,8-9H2,1H3. The second-order valence-corrected chi connectivity index (χ2v) is 6.41. The van der Waals surface area contributed by atoms with Crippen LogP contribution in [-0.4, -0.2) is 41.0 Å². The van der Waals surface area contributed by atoms with Crippen LogP contribution in [0.5, 0.6) is 0 Å². The number of ketones is 1. The molecule has 1 saturated carbocycles. The van der Waals surface area contributed by atoms with E-state index in [0.717, 1.165) is 12.8 Å².